The van der Waals surface area contributed by atoms with Crippen molar-refractivity contribution in [1.82, 2.24) is 5.32 Å². The maximum atomic E-state index is 11.9. The highest BCUT2D eigenvalue weighted by atomic mass is 19.3. The number of carbonyl (C=O) groups excluding carboxylic acids is 2. The molecule has 0 fully saturated rings. The third kappa shape index (κ3) is 3.81. The Balaban J connectivity index is 4.56. The highest BCUT2D eigenvalue weighted by Crippen LogP contribution is 2.20. The summed E-state index contributed by atoms with van der Waals surface area (Å²) in [5, 5.41) is 2.02. The van der Waals surface area contributed by atoms with Crippen LogP contribution in [0.4, 0.5) is 8.78 Å². The molecule has 0 spiro atoms. The molecule has 5 heteroatoms. The Morgan fingerprint density at radius 2 is 1.64 bits per heavy atom. The van der Waals surface area contributed by atoms with E-state index in [1.807, 2.05) is 5.32 Å². The minimum absolute atomic E-state index is 0.327. The van der Waals surface area contributed by atoms with Crippen molar-refractivity contribution in [2.45, 2.75) is 40.2 Å². The van der Waals surface area contributed by atoms with Crippen LogP contribution in [0.15, 0.2) is 0 Å². The molecule has 82 valence electrons. The molecule has 0 bridgehead atoms. The Morgan fingerprint density at radius 3 is 1.86 bits per heavy atom. The molecule has 1 amide bonds. The predicted octanol–water partition coefficient (Wildman–Crippen LogP) is 1.37. The number of amides is 1. The molecule has 1 N–H and O–H groups in total. The molecular weight excluding hydrogens is 192 g/mol. The molecule has 0 aromatic carbocycles. The van der Waals surface area contributed by atoms with Crippen molar-refractivity contribution in [3.8, 4) is 0 Å². The van der Waals surface area contributed by atoms with Crippen LogP contribution in [0.1, 0.15) is 27.7 Å². The maximum Gasteiger partial charge on any atom is 0.315 e. The van der Waals surface area contributed by atoms with Gasteiger partial charge in [0.25, 0.3) is 5.91 Å². The molecule has 14 heavy (non-hydrogen) atoms. The monoisotopic (exact) mass is 207 g/mol. The topological polar surface area (TPSA) is 46.2 Å². The van der Waals surface area contributed by atoms with E-state index >= 15 is 0 Å². The number of ketones is 1. The zero-order valence-corrected chi connectivity index (χ0v) is 8.73. The number of hydrogen-bond donors (Lipinski definition) is 1. The van der Waals surface area contributed by atoms with E-state index < -0.39 is 23.8 Å². The van der Waals surface area contributed by atoms with Crippen LogP contribution in [0.2, 0.25) is 0 Å². The summed E-state index contributed by atoms with van der Waals surface area (Å²) in [6, 6.07) is -0.871. The summed E-state index contributed by atoms with van der Waals surface area (Å²) in [6.45, 7) is 6.36. The smallest absolute Gasteiger partial charge is 0.315 e. The molecule has 0 aliphatic heterocycles. The van der Waals surface area contributed by atoms with E-state index in [4.69, 9.17) is 0 Å². The van der Waals surface area contributed by atoms with Crippen molar-refractivity contribution in [3.63, 3.8) is 0 Å². The van der Waals surface area contributed by atoms with E-state index in [-0.39, 0.29) is 5.78 Å². The van der Waals surface area contributed by atoms with Gasteiger partial charge in [0.05, 0.1) is 6.04 Å². The summed E-state index contributed by atoms with van der Waals surface area (Å²) >= 11 is 0. The third-order valence-corrected chi connectivity index (χ3v) is 1.76. The fraction of sp³-hybridized carbons (Fsp3) is 0.778. The molecule has 0 saturated carbocycles. The minimum atomic E-state index is -3.08. The molecule has 0 unspecified atom stereocenters. The van der Waals surface area contributed by atoms with Crippen molar-refractivity contribution in [3.05, 3.63) is 0 Å². The van der Waals surface area contributed by atoms with E-state index in [0.717, 1.165) is 0 Å². The first-order valence-corrected chi connectivity index (χ1v) is 4.25. The summed E-state index contributed by atoms with van der Waals surface area (Å²) in [7, 11) is 0. The normalized spacial score (nSPS) is 13.9. The van der Waals surface area contributed by atoms with Gasteiger partial charge in [-0.1, -0.05) is 20.8 Å². The SMILES string of the molecule is CC(=O)[C@@H](NC(=O)C(F)F)C(C)(C)C. The fourth-order valence-corrected chi connectivity index (χ4v) is 1.13. The van der Waals surface area contributed by atoms with E-state index in [1.54, 1.807) is 20.8 Å². The third-order valence-electron chi connectivity index (χ3n) is 1.76. The van der Waals surface area contributed by atoms with Crippen LogP contribution in [-0.2, 0) is 9.59 Å². The Hall–Kier alpha value is -1.00. The summed E-state index contributed by atoms with van der Waals surface area (Å²) in [5.74, 6) is -1.73. The first kappa shape index (κ1) is 13.0. The van der Waals surface area contributed by atoms with E-state index in [9.17, 15) is 18.4 Å². The van der Waals surface area contributed by atoms with Gasteiger partial charge in [0.2, 0.25) is 0 Å². The lowest BCUT2D eigenvalue weighted by Crippen LogP contribution is -2.49. The van der Waals surface area contributed by atoms with Gasteiger partial charge in [-0.25, -0.2) is 0 Å². The molecule has 0 aromatic rings. The van der Waals surface area contributed by atoms with E-state index in [2.05, 4.69) is 0 Å². The Kier molecular flexibility index (Phi) is 4.16. The van der Waals surface area contributed by atoms with Crippen molar-refractivity contribution in [2.24, 2.45) is 5.41 Å². The summed E-state index contributed by atoms with van der Waals surface area (Å²) in [5.41, 5.74) is -0.559. The second-order valence-corrected chi connectivity index (χ2v) is 4.22. The van der Waals surface area contributed by atoms with Gasteiger partial charge in [-0.05, 0) is 12.3 Å². The van der Waals surface area contributed by atoms with Crippen molar-refractivity contribution in [2.75, 3.05) is 0 Å². The standard InChI is InChI=1S/C9H15F2NO2/c1-5(13)6(9(2,3)4)12-8(14)7(10)11/h6-7H,1-4H3,(H,12,14)/t6-/m1/s1. The highest BCUT2D eigenvalue weighted by molar-refractivity contribution is 5.89. The molecule has 1 atom stereocenters. The Labute approximate surface area is 81.9 Å². The Morgan fingerprint density at radius 1 is 1.21 bits per heavy atom. The van der Waals surface area contributed by atoms with Crippen LogP contribution in [0.3, 0.4) is 0 Å². The number of halogens is 2. The van der Waals surface area contributed by atoms with Gasteiger partial charge in [-0.15, -0.1) is 0 Å². The summed E-state index contributed by atoms with van der Waals surface area (Å²) < 4.78 is 23.8. The molecular formula is C9H15F2NO2. The van der Waals surface area contributed by atoms with Crippen LogP contribution in [0.25, 0.3) is 0 Å². The molecule has 0 aliphatic rings. The molecule has 0 aromatic heterocycles. The van der Waals surface area contributed by atoms with E-state index in [0.29, 0.717) is 0 Å². The second-order valence-electron chi connectivity index (χ2n) is 4.22. The van der Waals surface area contributed by atoms with Crippen molar-refractivity contribution >= 4 is 11.7 Å². The van der Waals surface area contributed by atoms with Gasteiger partial charge in [0.15, 0.2) is 5.78 Å². The molecule has 0 saturated heterocycles. The van der Waals surface area contributed by atoms with Gasteiger partial charge in [0, 0.05) is 0 Å². The average molecular weight is 207 g/mol. The average Bonchev–Trinajstić information content (AvgIpc) is 1.96. The molecule has 0 heterocycles. The lowest BCUT2D eigenvalue weighted by atomic mass is 9.84. The van der Waals surface area contributed by atoms with Crippen LogP contribution in [0, 0.1) is 5.41 Å². The van der Waals surface area contributed by atoms with Gasteiger partial charge >= 0.3 is 6.43 Å². The predicted molar refractivity (Wildman–Crippen MR) is 48.1 cm³/mol. The number of hydrogen-bond acceptors (Lipinski definition) is 2. The van der Waals surface area contributed by atoms with E-state index in [1.165, 1.54) is 6.92 Å². The number of alkyl halides is 2. The molecule has 0 radical (unpaired) electrons. The number of rotatable bonds is 3. The lowest BCUT2D eigenvalue weighted by Gasteiger charge is -2.29. The molecule has 3 nitrogen and oxygen atoms in total. The second kappa shape index (κ2) is 4.48. The number of carbonyl (C=O) groups is 2. The maximum absolute atomic E-state index is 11.9. The van der Waals surface area contributed by atoms with Crippen LogP contribution < -0.4 is 5.32 Å². The lowest BCUT2D eigenvalue weighted by molar-refractivity contribution is -0.136. The Bertz CT molecular complexity index is 233. The van der Waals surface area contributed by atoms with Gasteiger partial charge < -0.3 is 5.32 Å². The summed E-state index contributed by atoms with van der Waals surface area (Å²) in [6.07, 6.45) is -3.08. The number of Topliss-reactive ketones (excluding diaryl/α,β-unsaturated/α-hetero) is 1. The minimum Gasteiger partial charge on any atom is -0.341 e. The first-order valence-electron chi connectivity index (χ1n) is 4.25. The fourth-order valence-electron chi connectivity index (χ4n) is 1.13. The molecule has 0 aliphatic carbocycles. The van der Waals surface area contributed by atoms with Gasteiger partial charge in [-0.2, -0.15) is 8.78 Å². The van der Waals surface area contributed by atoms with Crippen LogP contribution >= 0.6 is 0 Å². The zero-order valence-electron chi connectivity index (χ0n) is 8.73. The first-order chi connectivity index (χ1) is 6.16. The number of nitrogens with one attached hydrogen (secondary N) is 1. The van der Waals surface area contributed by atoms with Crippen LogP contribution in [-0.4, -0.2) is 24.2 Å². The highest BCUT2D eigenvalue weighted by Gasteiger charge is 2.32. The van der Waals surface area contributed by atoms with Crippen molar-refractivity contribution in [1.29, 1.82) is 0 Å². The van der Waals surface area contributed by atoms with Gasteiger partial charge in [0.1, 0.15) is 0 Å². The van der Waals surface area contributed by atoms with Crippen LogP contribution in [0.5, 0.6) is 0 Å². The quantitative estimate of drug-likeness (QED) is 0.759. The summed E-state index contributed by atoms with van der Waals surface area (Å²) in [4.78, 5) is 21.8. The van der Waals surface area contributed by atoms with Gasteiger partial charge in [-0.3, -0.25) is 9.59 Å². The zero-order chi connectivity index (χ0) is 11.5. The largest absolute Gasteiger partial charge is 0.341 e. The molecule has 0 rings (SSSR count). The van der Waals surface area contributed by atoms with Crippen molar-refractivity contribution < 1.29 is 18.4 Å².